The molecule has 0 aliphatic carbocycles. The average Bonchev–Trinajstić information content (AvgIpc) is 3.07. The van der Waals surface area contributed by atoms with E-state index in [0.717, 1.165) is 12.8 Å². The van der Waals surface area contributed by atoms with Crippen molar-refractivity contribution in [2.24, 2.45) is 0 Å². The summed E-state index contributed by atoms with van der Waals surface area (Å²) in [5.74, 6) is -0.780. The minimum atomic E-state index is -0.486. The number of hydrogen-bond donors (Lipinski definition) is 0. The number of methoxy groups -OCH3 is 1. The van der Waals surface area contributed by atoms with E-state index >= 15 is 0 Å². The van der Waals surface area contributed by atoms with Crippen molar-refractivity contribution in [1.82, 2.24) is 4.90 Å². The highest BCUT2D eigenvalue weighted by Crippen LogP contribution is 2.37. The number of ether oxygens (including phenoxy) is 2. The van der Waals surface area contributed by atoms with Crippen LogP contribution in [0.4, 0.5) is 4.39 Å². The van der Waals surface area contributed by atoms with E-state index in [1.54, 1.807) is 24.1 Å². The minimum Gasteiger partial charge on any atom is -0.377 e. The van der Waals surface area contributed by atoms with E-state index in [2.05, 4.69) is 0 Å². The van der Waals surface area contributed by atoms with Crippen molar-refractivity contribution in [1.29, 1.82) is 0 Å². The zero-order chi connectivity index (χ0) is 14.2. The molecule has 1 aromatic rings. The standard InChI is InChI=1S/C15H18FNO3/c1-19-13-9-17(10-15(13)7-4-8-20-15)14(18)11-5-2-3-6-12(11)16/h2-3,5-6,13H,4,7-10H2,1H3/t13-,15-/m0/s1. The Balaban J connectivity index is 1.82. The van der Waals surface area contributed by atoms with Crippen LogP contribution in [0.3, 0.4) is 0 Å². The Kier molecular flexibility index (Phi) is 3.48. The molecule has 108 valence electrons. The summed E-state index contributed by atoms with van der Waals surface area (Å²) in [7, 11) is 1.63. The molecule has 2 saturated heterocycles. The molecule has 1 amide bonds. The largest absolute Gasteiger partial charge is 0.377 e. The third kappa shape index (κ3) is 2.11. The van der Waals surface area contributed by atoms with Gasteiger partial charge in [-0.1, -0.05) is 12.1 Å². The van der Waals surface area contributed by atoms with Gasteiger partial charge in [0.15, 0.2) is 0 Å². The van der Waals surface area contributed by atoms with Crippen LogP contribution >= 0.6 is 0 Å². The fraction of sp³-hybridized carbons (Fsp3) is 0.533. The van der Waals surface area contributed by atoms with E-state index < -0.39 is 11.4 Å². The number of carbonyl (C=O) groups is 1. The molecule has 0 radical (unpaired) electrons. The monoisotopic (exact) mass is 279 g/mol. The molecule has 2 heterocycles. The molecule has 1 aromatic carbocycles. The van der Waals surface area contributed by atoms with Crippen molar-refractivity contribution in [2.45, 2.75) is 24.5 Å². The smallest absolute Gasteiger partial charge is 0.257 e. The summed E-state index contributed by atoms with van der Waals surface area (Å²) in [5.41, 5.74) is -0.298. The van der Waals surface area contributed by atoms with Gasteiger partial charge in [-0.15, -0.1) is 0 Å². The predicted molar refractivity (Wildman–Crippen MR) is 71.0 cm³/mol. The quantitative estimate of drug-likeness (QED) is 0.829. The first kappa shape index (κ1) is 13.5. The lowest BCUT2D eigenvalue weighted by molar-refractivity contribution is -0.0754. The Labute approximate surface area is 117 Å². The molecule has 2 atom stereocenters. The van der Waals surface area contributed by atoms with E-state index in [0.29, 0.717) is 19.7 Å². The average molecular weight is 279 g/mol. The summed E-state index contributed by atoms with van der Waals surface area (Å²) < 4.78 is 25.1. The van der Waals surface area contributed by atoms with E-state index in [1.807, 2.05) is 0 Å². The van der Waals surface area contributed by atoms with E-state index in [-0.39, 0.29) is 17.6 Å². The molecule has 1 spiro atoms. The molecule has 0 aromatic heterocycles. The van der Waals surface area contributed by atoms with Crippen molar-refractivity contribution in [2.75, 3.05) is 26.8 Å². The van der Waals surface area contributed by atoms with Crippen LogP contribution in [0, 0.1) is 5.82 Å². The van der Waals surface area contributed by atoms with Gasteiger partial charge in [-0.2, -0.15) is 0 Å². The number of nitrogens with zero attached hydrogens (tertiary/aromatic N) is 1. The second kappa shape index (κ2) is 5.14. The Morgan fingerprint density at radius 1 is 1.50 bits per heavy atom. The highest BCUT2D eigenvalue weighted by Gasteiger charge is 2.51. The van der Waals surface area contributed by atoms with E-state index in [4.69, 9.17) is 9.47 Å². The van der Waals surface area contributed by atoms with Crippen LogP contribution in [0.2, 0.25) is 0 Å². The van der Waals surface area contributed by atoms with Gasteiger partial charge in [0.05, 0.1) is 18.7 Å². The zero-order valence-electron chi connectivity index (χ0n) is 11.5. The summed E-state index contributed by atoms with van der Waals surface area (Å²) in [5, 5.41) is 0. The van der Waals surface area contributed by atoms with Gasteiger partial charge in [0, 0.05) is 13.7 Å². The Hall–Kier alpha value is -1.46. The molecule has 0 saturated carbocycles. The second-order valence-electron chi connectivity index (χ2n) is 5.41. The molecule has 0 N–H and O–H groups in total. The molecular weight excluding hydrogens is 261 g/mol. The topological polar surface area (TPSA) is 38.8 Å². The Bertz CT molecular complexity index is 514. The van der Waals surface area contributed by atoms with Gasteiger partial charge in [0.25, 0.3) is 5.91 Å². The molecule has 3 rings (SSSR count). The van der Waals surface area contributed by atoms with Gasteiger partial charge in [0.2, 0.25) is 0 Å². The first-order chi connectivity index (χ1) is 9.66. The number of benzene rings is 1. The Morgan fingerprint density at radius 2 is 2.30 bits per heavy atom. The normalized spacial score (nSPS) is 29.3. The van der Waals surface area contributed by atoms with Gasteiger partial charge in [-0.25, -0.2) is 4.39 Å². The van der Waals surface area contributed by atoms with Crippen molar-refractivity contribution in [3.8, 4) is 0 Å². The maximum atomic E-state index is 13.7. The van der Waals surface area contributed by atoms with Crippen molar-refractivity contribution in [3.63, 3.8) is 0 Å². The summed E-state index contributed by atoms with van der Waals surface area (Å²) >= 11 is 0. The molecule has 4 nitrogen and oxygen atoms in total. The zero-order valence-corrected chi connectivity index (χ0v) is 11.5. The maximum Gasteiger partial charge on any atom is 0.257 e. The van der Waals surface area contributed by atoms with Crippen LogP contribution in [-0.4, -0.2) is 49.3 Å². The highest BCUT2D eigenvalue weighted by atomic mass is 19.1. The first-order valence-corrected chi connectivity index (χ1v) is 6.87. The van der Waals surface area contributed by atoms with E-state index in [1.165, 1.54) is 12.1 Å². The first-order valence-electron chi connectivity index (χ1n) is 6.87. The van der Waals surface area contributed by atoms with Gasteiger partial charge in [0.1, 0.15) is 17.5 Å². The van der Waals surface area contributed by atoms with E-state index in [9.17, 15) is 9.18 Å². The lowest BCUT2D eigenvalue weighted by atomic mass is 9.96. The predicted octanol–water partition coefficient (Wildman–Crippen LogP) is 1.85. The molecule has 2 aliphatic rings. The van der Waals surface area contributed by atoms with Crippen LogP contribution < -0.4 is 0 Å². The Morgan fingerprint density at radius 3 is 2.95 bits per heavy atom. The van der Waals surface area contributed by atoms with Gasteiger partial charge in [-0.3, -0.25) is 4.79 Å². The van der Waals surface area contributed by atoms with Crippen molar-refractivity contribution < 1.29 is 18.7 Å². The number of likely N-dealkylation sites (tertiary alicyclic amines) is 1. The van der Waals surface area contributed by atoms with Crippen LogP contribution in [0.5, 0.6) is 0 Å². The van der Waals surface area contributed by atoms with Crippen molar-refractivity contribution >= 4 is 5.91 Å². The number of amides is 1. The van der Waals surface area contributed by atoms with Crippen molar-refractivity contribution in [3.05, 3.63) is 35.6 Å². The number of halogens is 1. The van der Waals surface area contributed by atoms with Crippen LogP contribution in [0.1, 0.15) is 23.2 Å². The minimum absolute atomic E-state index is 0.109. The third-order valence-corrected chi connectivity index (χ3v) is 4.24. The summed E-state index contributed by atoms with van der Waals surface area (Å²) in [6.07, 6.45) is 1.72. The third-order valence-electron chi connectivity index (χ3n) is 4.24. The SMILES string of the molecule is CO[C@H]1CN(C(=O)c2ccccc2F)C[C@@]12CCCO2. The second-order valence-corrected chi connectivity index (χ2v) is 5.41. The lowest BCUT2D eigenvalue weighted by Gasteiger charge is -2.27. The fourth-order valence-corrected chi connectivity index (χ4v) is 3.20. The number of carbonyl (C=O) groups excluding carboxylic acids is 1. The molecule has 5 heteroatoms. The maximum absolute atomic E-state index is 13.7. The molecule has 2 aliphatic heterocycles. The molecule has 2 fully saturated rings. The van der Waals surface area contributed by atoms with Crippen LogP contribution in [-0.2, 0) is 9.47 Å². The van der Waals surface area contributed by atoms with Gasteiger partial charge >= 0.3 is 0 Å². The van der Waals surface area contributed by atoms with Gasteiger partial charge < -0.3 is 14.4 Å². The summed E-state index contributed by atoms with van der Waals surface area (Å²) in [4.78, 5) is 14.1. The molecule has 0 unspecified atom stereocenters. The highest BCUT2D eigenvalue weighted by molar-refractivity contribution is 5.94. The van der Waals surface area contributed by atoms with Gasteiger partial charge in [-0.05, 0) is 25.0 Å². The van der Waals surface area contributed by atoms with Crippen LogP contribution in [0.25, 0.3) is 0 Å². The molecular formula is C15H18FNO3. The fourth-order valence-electron chi connectivity index (χ4n) is 3.20. The summed E-state index contributed by atoms with van der Waals surface area (Å²) in [6, 6.07) is 6.07. The molecule has 20 heavy (non-hydrogen) atoms. The summed E-state index contributed by atoms with van der Waals surface area (Å²) in [6.45, 7) is 1.62. The number of hydrogen-bond acceptors (Lipinski definition) is 3. The molecule has 0 bridgehead atoms. The van der Waals surface area contributed by atoms with Crippen LogP contribution in [0.15, 0.2) is 24.3 Å². The lowest BCUT2D eigenvalue weighted by Crippen LogP contribution is -2.42. The number of rotatable bonds is 2.